The smallest absolute Gasteiger partial charge is 0.140 e. The highest BCUT2D eigenvalue weighted by Crippen LogP contribution is 2.29. The number of benzene rings is 1. The van der Waals surface area contributed by atoms with Gasteiger partial charge in [0.1, 0.15) is 11.6 Å². The van der Waals surface area contributed by atoms with E-state index in [1.807, 2.05) is 0 Å². The zero-order chi connectivity index (χ0) is 9.14. The van der Waals surface area contributed by atoms with Crippen LogP contribution in [0.15, 0.2) is 12.1 Å². The van der Waals surface area contributed by atoms with Gasteiger partial charge in [-0.25, -0.2) is 4.39 Å². The third-order valence-corrected chi connectivity index (χ3v) is 1.84. The Kier molecular flexibility index (Phi) is 2.89. The van der Waals surface area contributed by atoms with Gasteiger partial charge in [0.25, 0.3) is 0 Å². The van der Waals surface area contributed by atoms with E-state index in [1.165, 1.54) is 6.07 Å². The summed E-state index contributed by atoms with van der Waals surface area (Å²) in [4.78, 5) is 0. The first kappa shape index (κ1) is 9.29. The Hall–Kier alpha value is -0.800. The van der Waals surface area contributed by atoms with Gasteiger partial charge in [-0.15, -0.1) is 0 Å². The van der Waals surface area contributed by atoms with Gasteiger partial charge >= 0.3 is 0 Å². The van der Waals surface area contributed by atoms with E-state index in [0.29, 0.717) is 0 Å². The van der Waals surface area contributed by atoms with Gasteiger partial charge in [0, 0.05) is 18.6 Å². The van der Waals surface area contributed by atoms with Crippen molar-refractivity contribution in [1.29, 1.82) is 0 Å². The molecule has 0 aliphatic rings. The monoisotopic (exact) mass is 190 g/mol. The molecule has 0 heterocycles. The maximum Gasteiger partial charge on any atom is 0.140 e. The van der Waals surface area contributed by atoms with Crippen molar-refractivity contribution in [3.8, 4) is 5.75 Å². The first-order valence-corrected chi connectivity index (χ1v) is 3.81. The Balaban J connectivity index is 3.14. The van der Waals surface area contributed by atoms with E-state index in [-0.39, 0.29) is 29.4 Å². The topological polar surface area (TPSA) is 40.5 Å². The van der Waals surface area contributed by atoms with E-state index in [0.717, 1.165) is 6.07 Å². The number of aromatic hydroxyl groups is 1. The molecular formula is C8H8ClFO2. The first-order valence-electron chi connectivity index (χ1n) is 3.43. The van der Waals surface area contributed by atoms with Crippen molar-refractivity contribution < 1.29 is 14.6 Å². The van der Waals surface area contributed by atoms with Crippen LogP contribution in [0, 0.1) is 5.82 Å². The van der Waals surface area contributed by atoms with Crippen molar-refractivity contribution in [2.24, 2.45) is 0 Å². The van der Waals surface area contributed by atoms with Gasteiger partial charge in [-0.2, -0.15) is 0 Å². The largest absolute Gasteiger partial charge is 0.506 e. The van der Waals surface area contributed by atoms with Crippen molar-refractivity contribution in [2.75, 3.05) is 6.61 Å². The number of phenolic OH excluding ortho intramolecular Hbond substituents is 1. The lowest BCUT2D eigenvalue weighted by Gasteiger charge is -2.04. The molecule has 0 fully saturated rings. The molecule has 2 nitrogen and oxygen atoms in total. The Labute approximate surface area is 74.2 Å². The second kappa shape index (κ2) is 3.74. The van der Waals surface area contributed by atoms with Gasteiger partial charge < -0.3 is 10.2 Å². The maximum atomic E-state index is 12.9. The van der Waals surface area contributed by atoms with Crippen molar-refractivity contribution in [2.45, 2.75) is 6.42 Å². The van der Waals surface area contributed by atoms with Crippen LogP contribution in [0.3, 0.4) is 0 Å². The summed E-state index contributed by atoms with van der Waals surface area (Å²) in [5.74, 6) is -0.836. The zero-order valence-corrected chi connectivity index (χ0v) is 6.98. The van der Waals surface area contributed by atoms with Crippen LogP contribution in [-0.2, 0) is 6.42 Å². The van der Waals surface area contributed by atoms with Crippen LogP contribution in [0.25, 0.3) is 0 Å². The molecule has 1 aromatic carbocycles. The number of halogens is 2. The summed E-state index contributed by atoms with van der Waals surface area (Å²) in [6.07, 6.45) is 0.0677. The Morgan fingerprint density at radius 1 is 1.42 bits per heavy atom. The first-order chi connectivity index (χ1) is 5.66. The minimum absolute atomic E-state index is 0.0602. The Morgan fingerprint density at radius 3 is 2.67 bits per heavy atom. The second-order valence-electron chi connectivity index (χ2n) is 2.33. The van der Waals surface area contributed by atoms with Gasteiger partial charge in [-0.1, -0.05) is 11.6 Å². The normalized spacial score (nSPS) is 10.2. The summed E-state index contributed by atoms with van der Waals surface area (Å²) in [6.45, 7) is -0.217. The number of rotatable bonds is 2. The molecule has 0 spiro atoms. The summed E-state index contributed by atoms with van der Waals surface area (Å²) in [6, 6.07) is 2.43. The predicted molar refractivity (Wildman–Crippen MR) is 43.9 cm³/mol. The van der Waals surface area contributed by atoms with Crippen LogP contribution in [-0.4, -0.2) is 16.8 Å². The SMILES string of the molecule is OCCc1c(F)ccc(Cl)c1O. The highest BCUT2D eigenvalue weighted by Gasteiger charge is 2.10. The van der Waals surface area contributed by atoms with Gasteiger partial charge in [-0.3, -0.25) is 0 Å². The molecule has 0 aliphatic heterocycles. The average Bonchev–Trinajstić information content (AvgIpc) is 2.06. The summed E-state index contributed by atoms with van der Waals surface area (Å²) in [7, 11) is 0. The maximum absolute atomic E-state index is 12.9. The van der Waals surface area contributed by atoms with Crippen LogP contribution < -0.4 is 0 Å². The van der Waals surface area contributed by atoms with Crippen LogP contribution >= 0.6 is 11.6 Å². The molecule has 0 bridgehead atoms. The van der Waals surface area contributed by atoms with Gasteiger partial charge in [-0.05, 0) is 12.1 Å². The quantitative estimate of drug-likeness (QED) is 0.746. The van der Waals surface area contributed by atoms with Crippen molar-refractivity contribution >= 4 is 11.6 Å². The number of phenols is 1. The predicted octanol–water partition coefficient (Wildman–Crippen LogP) is 1.72. The number of aliphatic hydroxyl groups is 1. The van der Waals surface area contributed by atoms with Gasteiger partial charge in [0.2, 0.25) is 0 Å². The molecule has 1 aromatic rings. The molecule has 0 radical (unpaired) electrons. The molecule has 0 amide bonds. The molecule has 12 heavy (non-hydrogen) atoms. The zero-order valence-electron chi connectivity index (χ0n) is 6.22. The Morgan fingerprint density at radius 2 is 2.08 bits per heavy atom. The third kappa shape index (κ3) is 1.68. The fourth-order valence-electron chi connectivity index (χ4n) is 0.933. The standard InChI is InChI=1S/C8H8ClFO2/c9-6-1-2-7(10)5(3-4-11)8(6)12/h1-2,11-12H,3-4H2. The van der Waals surface area contributed by atoms with Crippen molar-refractivity contribution in [3.05, 3.63) is 28.5 Å². The Bertz CT molecular complexity index is 289. The lowest BCUT2D eigenvalue weighted by atomic mass is 10.1. The van der Waals surface area contributed by atoms with Gasteiger partial charge in [0.15, 0.2) is 0 Å². The van der Waals surface area contributed by atoms with Crippen LogP contribution in [0.4, 0.5) is 4.39 Å². The lowest BCUT2D eigenvalue weighted by molar-refractivity contribution is 0.295. The molecule has 0 saturated carbocycles. The number of aliphatic hydroxyl groups excluding tert-OH is 1. The molecule has 0 unspecified atom stereocenters. The van der Waals surface area contributed by atoms with E-state index >= 15 is 0 Å². The van der Waals surface area contributed by atoms with Crippen LogP contribution in [0.1, 0.15) is 5.56 Å². The van der Waals surface area contributed by atoms with E-state index in [1.54, 1.807) is 0 Å². The molecule has 1 rings (SSSR count). The summed E-state index contributed by atoms with van der Waals surface area (Å²) in [5.41, 5.74) is 0.0602. The van der Waals surface area contributed by atoms with Crippen LogP contribution in [0.5, 0.6) is 5.75 Å². The number of hydrogen-bond donors (Lipinski definition) is 2. The van der Waals surface area contributed by atoms with Gasteiger partial charge in [0.05, 0.1) is 5.02 Å². The molecule has 0 saturated heterocycles. The van der Waals surface area contributed by atoms with E-state index in [4.69, 9.17) is 16.7 Å². The average molecular weight is 191 g/mol. The molecule has 0 atom stereocenters. The van der Waals surface area contributed by atoms with Crippen molar-refractivity contribution in [1.82, 2.24) is 0 Å². The fourth-order valence-corrected chi connectivity index (χ4v) is 1.11. The minimum atomic E-state index is -0.550. The summed E-state index contributed by atoms with van der Waals surface area (Å²) < 4.78 is 12.9. The lowest BCUT2D eigenvalue weighted by Crippen LogP contribution is -1.95. The molecule has 66 valence electrons. The highest BCUT2D eigenvalue weighted by atomic mass is 35.5. The van der Waals surface area contributed by atoms with E-state index in [2.05, 4.69) is 0 Å². The third-order valence-electron chi connectivity index (χ3n) is 1.54. The molecule has 2 N–H and O–H groups in total. The molecule has 0 aliphatic carbocycles. The summed E-state index contributed by atoms with van der Waals surface area (Å²) >= 11 is 5.52. The molecule has 0 aromatic heterocycles. The summed E-state index contributed by atoms with van der Waals surface area (Å²) in [5, 5.41) is 17.9. The fraction of sp³-hybridized carbons (Fsp3) is 0.250. The van der Waals surface area contributed by atoms with Crippen LogP contribution in [0.2, 0.25) is 5.02 Å². The molecule has 4 heteroatoms. The minimum Gasteiger partial charge on any atom is -0.506 e. The van der Waals surface area contributed by atoms with E-state index in [9.17, 15) is 9.50 Å². The van der Waals surface area contributed by atoms with E-state index < -0.39 is 5.82 Å². The van der Waals surface area contributed by atoms with Crippen molar-refractivity contribution in [3.63, 3.8) is 0 Å². The second-order valence-corrected chi connectivity index (χ2v) is 2.74. The highest BCUT2D eigenvalue weighted by molar-refractivity contribution is 6.32. The molecular weight excluding hydrogens is 183 g/mol. The number of hydrogen-bond acceptors (Lipinski definition) is 2.